The highest BCUT2D eigenvalue weighted by molar-refractivity contribution is 8.00. The smallest absolute Gasteiger partial charge is 0.0537 e. The third-order valence-electron chi connectivity index (χ3n) is 3.69. The summed E-state index contributed by atoms with van der Waals surface area (Å²) in [4.78, 5) is 0. The van der Waals surface area contributed by atoms with Crippen LogP contribution in [0.1, 0.15) is 51.9 Å². The van der Waals surface area contributed by atoms with Gasteiger partial charge in [0.2, 0.25) is 0 Å². The lowest BCUT2D eigenvalue weighted by atomic mass is 9.87. The molecule has 1 aliphatic carbocycles. The van der Waals surface area contributed by atoms with E-state index in [4.69, 9.17) is 0 Å². The van der Waals surface area contributed by atoms with Gasteiger partial charge in [0.25, 0.3) is 0 Å². The zero-order valence-corrected chi connectivity index (χ0v) is 10.1. The molecular weight excluding hydrogens is 190 g/mol. The summed E-state index contributed by atoms with van der Waals surface area (Å²) >= 11 is 2.16. The van der Waals surface area contributed by atoms with Crippen molar-refractivity contribution in [2.24, 2.45) is 5.92 Å². The highest BCUT2D eigenvalue weighted by Gasteiger charge is 2.26. The molecule has 2 rings (SSSR count). The zero-order chi connectivity index (χ0) is 9.80. The normalized spacial score (nSPS) is 34.9. The van der Waals surface area contributed by atoms with E-state index in [-0.39, 0.29) is 0 Å². The van der Waals surface area contributed by atoms with E-state index in [1.54, 1.807) is 0 Å². The van der Waals surface area contributed by atoms with E-state index < -0.39 is 0 Å². The van der Waals surface area contributed by atoms with Crippen LogP contribution in [0, 0.1) is 5.92 Å². The summed E-state index contributed by atoms with van der Waals surface area (Å²) < 4.78 is 0. The van der Waals surface area contributed by atoms with Gasteiger partial charge in [-0.2, -0.15) is 0 Å². The first-order chi connectivity index (χ1) is 6.88. The van der Waals surface area contributed by atoms with Crippen LogP contribution >= 0.6 is 11.8 Å². The summed E-state index contributed by atoms with van der Waals surface area (Å²) in [7, 11) is 0. The topological polar surface area (TPSA) is 12.0 Å². The lowest BCUT2D eigenvalue weighted by Gasteiger charge is -2.24. The maximum Gasteiger partial charge on any atom is 0.0537 e. The van der Waals surface area contributed by atoms with Gasteiger partial charge in [-0.05, 0) is 18.8 Å². The third kappa shape index (κ3) is 2.90. The molecule has 2 fully saturated rings. The van der Waals surface area contributed by atoms with Crippen LogP contribution in [0.5, 0.6) is 0 Å². The first-order valence-electron chi connectivity index (χ1n) is 6.26. The van der Waals surface area contributed by atoms with Gasteiger partial charge >= 0.3 is 0 Å². The summed E-state index contributed by atoms with van der Waals surface area (Å²) in [5, 5.41) is 4.53. The molecule has 14 heavy (non-hydrogen) atoms. The van der Waals surface area contributed by atoms with E-state index in [0.717, 1.165) is 17.3 Å². The van der Waals surface area contributed by atoms with Crippen molar-refractivity contribution in [3.63, 3.8) is 0 Å². The molecule has 0 radical (unpaired) electrons. The fourth-order valence-corrected chi connectivity index (χ4v) is 4.18. The fraction of sp³-hybridized carbons (Fsp3) is 1.00. The number of thioether (sulfide) groups is 1. The molecule has 0 aromatic rings. The van der Waals surface area contributed by atoms with E-state index in [0.29, 0.717) is 0 Å². The lowest BCUT2D eigenvalue weighted by molar-refractivity contribution is 0.324. The second-order valence-electron chi connectivity index (χ2n) is 4.83. The van der Waals surface area contributed by atoms with E-state index >= 15 is 0 Å². The molecule has 0 spiro atoms. The molecule has 82 valence electrons. The first-order valence-corrected chi connectivity index (χ1v) is 7.31. The van der Waals surface area contributed by atoms with E-state index in [1.165, 1.54) is 50.7 Å². The molecule has 0 aromatic heterocycles. The molecule has 1 saturated heterocycles. The molecule has 2 aliphatic rings. The van der Waals surface area contributed by atoms with Crippen LogP contribution in [0.3, 0.4) is 0 Å². The van der Waals surface area contributed by atoms with Gasteiger partial charge in [0, 0.05) is 11.8 Å². The largest absolute Gasteiger partial charge is 0.302 e. The Labute approximate surface area is 92.4 Å². The van der Waals surface area contributed by atoms with Crippen molar-refractivity contribution in [1.29, 1.82) is 0 Å². The van der Waals surface area contributed by atoms with Crippen LogP contribution < -0.4 is 5.32 Å². The van der Waals surface area contributed by atoms with Gasteiger partial charge in [0.15, 0.2) is 0 Å². The van der Waals surface area contributed by atoms with Gasteiger partial charge in [0.05, 0.1) is 5.37 Å². The average molecular weight is 213 g/mol. The van der Waals surface area contributed by atoms with Crippen molar-refractivity contribution in [1.82, 2.24) is 5.32 Å². The van der Waals surface area contributed by atoms with E-state index in [2.05, 4.69) is 24.0 Å². The molecule has 1 saturated carbocycles. The molecule has 0 aromatic carbocycles. The Morgan fingerprint density at radius 3 is 2.64 bits per heavy atom. The maximum atomic E-state index is 3.75. The van der Waals surface area contributed by atoms with Gasteiger partial charge in [0.1, 0.15) is 0 Å². The predicted molar refractivity (Wildman–Crippen MR) is 64.7 cm³/mol. The first kappa shape index (κ1) is 10.8. The quantitative estimate of drug-likeness (QED) is 0.771. The molecule has 1 nitrogen and oxygen atoms in total. The Morgan fingerprint density at radius 2 is 2.00 bits per heavy atom. The summed E-state index contributed by atoms with van der Waals surface area (Å²) in [6.07, 6.45) is 10.2. The van der Waals surface area contributed by atoms with Gasteiger partial charge in [-0.25, -0.2) is 0 Å². The maximum absolute atomic E-state index is 3.75. The number of hydrogen-bond acceptors (Lipinski definition) is 2. The number of hydrogen-bond donors (Lipinski definition) is 1. The Kier molecular flexibility index (Phi) is 4.18. The van der Waals surface area contributed by atoms with Gasteiger partial charge in [-0.1, -0.05) is 39.0 Å². The molecular formula is C12H23NS. The van der Waals surface area contributed by atoms with Crippen LogP contribution in [-0.4, -0.2) is 17.2 Å². The van der Waals surface area contributed by atoms with E-state index in [1.807, 2.05) is 0 Å². The fourth-order valence-electron chi connectivity index (χ4n) is 2.69. The molecule has 0 bridgehead atoms. The van der Waals surface area contributed by atoms with Crippen LogP contribution in [0.2, 0.25) is 0 Å². The zero-order valence-electron chi connectivity index (χ0n) is 9.30. The van der Waals surface area contributed by atoms with Crippen molar-refractivity contribution in [3.8, 4) is 0 Å². The van der Waals surface area contributed by atoms with Crippen molar-refractivity contribution in [2.75, 3.05) is 5.75 Å². The van der Waals surface area contributed by atoms with Crippen molar-refractivity contribution >= 4 is 11.8 Å². The SMILES string of the molecule is CCC1CSC(CC2CCCCC2)N1. The third-order valence-corrected chi connectivity index (χ3v) is 5.01. The second kappa shape index (κ2) is 5.41. The Hall–Kier alpha value is 0.310. The highest BCUT2D eigenvalue weighted by Crippen LogP contribution is 2.32. The minimum Gasteiger partial charge on any atom is -0.302 e. The van der Waals surface area contributed by atoms with Gasteiger partial charge in [-0.15, -0.1) is 11.8 Å². The molecule has 0 amide bonds. The Morgan fingerprint density at radius 1 is 1.21 bits per heavy atom. The highest BCUT2D eigenvalue weighted by atomic mass is 32.2. The van der Waals surface area contributed by atoms with Crippen molar-refractivity contribution < 1.29 is 0 Å². The summed E-state index contributed by atoms with van der Waals surface area (Å²) in [6.45, 7) is 2.29. The van der Waals surface area contributed by atoms with Crippen LogP contribution in [0.4, 0.5) is 0 Å². The lowest BCUT2D eigenvalue weighted by Crippen LogP contribution is -2.30. The molecule has 1 N–H and O–H groups in total. The number of nitrogens with one attached hydrogen (secondary N) is 1. The van der Waals surface area contributed by atoms with Crippen molar-refractivity contribution in [3.05, 3.63) is 0 Å². The molecule has 2 unspecified atom stereocenters. The summed E-state index contributed by atoms with van der Waals surface area (Å²) in [5.41, 5.74) is 0. The summed E-state index contributed by atoms with van der Waals surface area (Å²) in [6, 6.07) is 0.800. The van der Waals surface area contributed by atoms with Crippen LogP contribution in [-0.2, 0) is 0 Å². The van der Waals surface area contributed by atoms with E-state index in [9.17, 15) is 0 Å². The second-order valence-corrected chi connectivity index (χ2v) is 6.07. The van der Waals surface area contributed by atoms with Gasteiger partial charge < -0.3 is 5.32 Å². The van der Waals surface area contributed by atoms with Crippen molar-refractivity contribution in [2.45, 2.75) is 63.3 Å². The minimum atomic E-state index is 0.781. The van der Waals surface area contributed by atoms with Crippen LogP contribution in [0.15, 0.2) is 0 Å². The molecule has 1 heterocycles. The monoisotopic (exact) mass is 213 g/mol. The Balaban J connectivity index is 1.69. The average Bonchev–Trinajstić information content (AvgIpc) is 2.67. The minimum absolute atomic E-state index is 0.781. The van der Waals surface area contributed by atoms with Gasteiger partial charge in [-0.3, -0.25) is 0 Å². The molecule has 1 aliphatic heterocycles. The number of rotatable bonds is 3. The van der Waals surface area contributed by atoms with Crippen LogP contribution in [0.25, 0.3) is 0 Å². The summed E-state index contributed by atoms with van der Waals surface area (Å²) in [5.74, 6) is 2.37. The Bertz CT molecular complexity index is 166. The standard InChI is InChI=1S/C12H23NS/c1-2-11-9-14-12(13-11)8-10-6-4-3-5-7-10/h10-13H,2-9H2,1H3. The molecule has 2 heteroatoms. The predicted octanol–water partition coefficient (Wildman–Crippen LogP) is 3.40. The molecule has 2 atom stereocenters.